The van der Waals surface area contributed by atoms with Crippen molar-refractivity contribution >= 4 is 11.6 Å². The van der Waals surface area contributed by atoms with Gasteiger partial charge >= 0.3 is 6.18 Å². The van der Waals surface area contributed by atoms with Crippen LogP contribution in [0.4, 0.5) is 13.2 Å². The SMILES string of the molecule is COc1cccn2c(C(=O)NCc3cccc(OC(C)C)c3)c(C(F)(F)F)nc12. The van der Waals surface area contributed by atoms with Crippen LogP contribution in [0.2, 0.25) is 0 Å². The number of nitrogens with zero attached hydrogens (tertiary/aromatic N) is 2. The Balaban J connectivity index is 1.91. The smallest absolute Gasteiger partial charge is 0.435 e. The van der Waals surface area contributed by atoms with Gasteiger partial charge in [0.1, 0.15) is 11.4 Å². The van der Waals surface area contributed by atoms with E-state index in [1.165, 1.54) is 25.4 Å². The van der Waals surface area contributed by atoms with Crippen LogP contribution in [-0.4, -0.2) is 28.5 Å². The Morgan fingerprint density at radius 1 is 1.24 bits per heavy atom. The first-order valence-electron chi connectivity index (χ1n) is 8.86. The van der Waals surface area contributed by atoms with Gasteiger partial charge in [0.2, 0.25) is 0 Å². The van der Waals surface area contributed by atoms with Crippen LogP contribution < -0.4 is 14.8 Å². The molecule has 0 fully saturated rings. The Labute approximate surface area is 165 Å². The molecule has 0 spiro atoms. The summed E-state index contributed by atoms with van der Waals surface area (Å²) in [6.45, 7) is 3.79. The van der Waals surface area contributed by atoms with Crippen LogP contribution in [0.1, 0.15) is 35.6 Å². The number of halogens is 3. The van der Waals surface area contributed by atoms with E-state index in [1.54, 1.807) is 24.3 Å². The zero-order valence-electron chi connectivity index (χ0n) is 16.1. The Morgan fingerprint density at radius 3 is 2.66 bits per heavy atom. The van der Waals surface area contributed by atoms with Crippen molar-refractivity contribution in [3.8, 4) is 11.5 Å². The highest BCUT2D eigenvalue weighted by molar-refractivity contribution is 5.95. The van der Waals surface area contributed by atoms with E-state index < -0.39 is 23.5 Å². The number of methoxy groups -OCH3 is 1. The molecule has 0 aliphatic carbocycles. The van der Waals surface area contributed by atoms with Crippen molar-refractivity contribution in [1.29, 1.82) is 0 Å². The molecule has 1 N–H and O–H groups in total. The maximum atomic E-state index is 13.5. The first-order chi connectivity index (χ1) is 13.7. The van der Waals surface area contributed by atoms with E-state index in [4.69, 9.17) is 9.47 Å². The van der Waals surface area contributed by atoms with Crippen molar-refractivity contribution in [3.05, 3.63) is 59.5 Å². The fourth-order valence-corrected chi connectivity index (χ4v) is 2.88. The molecule has 0 aliphatic rings. The number of nitrogens with one attached hydrogen (secondary N) is 1. The minimum Gasteiger partial charge on any atom is -0.493 e. The minimum atomic E-state index is -4.80. The van der Waals surface area contributed by atoms with E-state index in [9.17, 15) is 18.0 Å². The number of aromatic nitrogens is 2. The lowest BCUT2D eigenvalue weighted by Gasteiger charge is -2.12. The second-order valence-electron chi connectivity index (χ2n) is 6.57. The number of hydrogen-bond donors (Lipinski definition) is 1. The molecule has 0 aliphatic heterocycles. The summed E-state index contributed by atoms with van der Waals surface area (Å²) >= 11 is 0. The molecule has 1 amide bonds. The number of ether oxygens (including phenoxy) is 2. The van der Waals surface area contributed by atoms with Crippen molar-refractivity contribution in [2.75, 3.05) is 7.11 Å². The van der Waals surface area contributed by atoms with Gasteiger partial charge in [-0.05, 0) is 43.7 Å². The Bertz CT molecular complexity index is 1030. The predicted octanol–water partition coefficient (Wildman–Crippen LogP) is 4.08. The highest BCUT2D eigenvalue weighted by Crippen LogP contribution is 2.34. The summed E-state index contributed by atoms with van der Waals surface area (Å²) < 4.78 is 52.3. The molecule has 0 atom stereocenters. The van der Waals surface area contributed by atoms with Gasteiger partial charge in [-0.2, -0.15) is 13.2 Å². The summed E-state index contributed by atoms with van der Waals surface area (Å²) in [6.07, 6.45) is -3.48. The number of fused-ring (bicyclic) bond motifs is 1. The number of benzene rings is 1. The maximum Gasteiger partial charge on any atom is 0.435 e. The van der Waals surface area contributed by atoms with E-state index in [0.717, 1.165) is 4.40 Å². The average molecular weight is 407 g/mol. The van der Waals surface area contributed by atoms with Crippen molar-refractivity contribution in [3.63, 3.8) is 0 Å². The number of hydrogen-bond acceptors (Lipinski definition) is 4. The molecule has 1 aromatic carbocycles. The second-order valence-corrected chi connectivity index (χ2v) is 6.57. The zero-order chi connectivity index (χ0) is 21.2. The van der Waals surface area contributed by atoms with Crippen LogP contribution in [0, 0.1) is 0 Å². The molecule has 154 valence electrons. The van der Waals surface area contributed by atoms with Crippen molar-refractivity contribution in [1.82, 2.24) is 14.7 Å². The number of carbonyl (C=O) groups excluding carboxylic acids is 1. The molecule has 0 saturated heterocycles. The molecule has 29 heavy (non-hydrogen) atoms. The normalized spacial score (nSPS) is 11.7. The van der Waals surface area contributed by atoms with Crippen molar-refractivity contribution < 1.29 is 27.4 Å². The highest BCUT2D eigenvalue weighted by atomic mass is 19.4. The van der Waals surface area contributed by atoms with Gasteiger partial charge < -0.3 is 14.8 Å². The Morgan fingerprint density at radius 2 is 2.00 bits per heavy atom. The number of alkyl halides is 3. The molecule has 3 rings (SSSR count). The van der Waals surface area contributed by atoms with Gasteiger partial charge in [-0.3, -0.25) is 9.20 Å². The fourth-order valence-electron chi connectivity index (χ4n) is 2.88. The molecule has 0 radical (unpaired) electrons. The zero-order valence-corrected chi connectivity index (χ0v) is 16.1. The third kappa shape index (κ3) is 4.44. The van der Waals surface area contributed by atoms with Gasteiger partial charge in [0.15, 0.2) is 17.1 Å². The summed E-state index contributed by atoms with van der Waals surface area (Å²) in [5.41, 5.74) is -1.26. The standard InChI is InChI=1S/C20H20F3N3O3/c1-12(2)29-14-7-4-6-13(10-14)11-24-19(27)16-17(20(21,22)23)25-18-15(28-3)8-5-9-26(16)18/h4-10,12H,11H2,1-3H3,(H,24,27). The van der Waals surface area contributed by atoms with Gasteiger partial charge in [0.25, 0.3) is 5.91 Å². The molecule has 9 heteroatoms. The fraction of sp³-hybridized carbons (Fsp3) is 0.300. The van der Waals surface area contributed by atoms with Crippen LogP contribution in [0.15, 0.2) is 42.6 Å². The number of amides is 1. The van der Waals surface area contributed by atoms with Crippen molar-refractivity contribution in [2.45, 2.75) is 32.7 Å². The van der Waals surface area contributed by atoms with Crippen LogP contribution in [0.5, 0.6) is 11.5 Å². The molecule has 0 bridgehead atoms. The minimum absolute atomic E-state index is 0.0256. The van der Waals surface area contributed by atoms with Crippen LogP contribution >= 0.6 is 0 Å². The first-order valence-corrected chi connectivity index (χ1v) is 8.86. The molecular weight excluding hydrogens is 387 g/mol. The maximum absolute atomic E-state index is 13.5. The third-order valence-electron chi connectivity index (χ3n) is 4.04. The van der Waals surface area contributed by atoms with Crippen molar-refractivity contribution in [2.24, 2.45) is 0 Å². The third-order valence-corrected chi connectivity index (χ3v) is 4.04. The van der Waals surface area contributed by atoms with Gasteiger partial charge in [-0.15, -0.1) is 0 Å². The number of rotatable bonds is 6. The van der Waals surface area contributed by atoms with E-state index in [2.05, 4.69) is 10.3 Å². The molecular formula is C20H20F3N3O3. The van der Waals surface area contributed by atoms with Crippen LogP contribution in [0.25, 0.3) is 5.65 Å². The summed E-state index contributed by atoms with van der Waals surface area (Å²) in [4.78, 5) is 16.3. The van der Waals surface area contributed by atoms with Crippen LogP contribution in [0.3, 0.4) is 0 Å². The van der Waals surface area contributed by atoms with Gasteiger partial charge in [-0.1, -0.05) is 12.1 Å². The molecule has 2 aromatic heterocycles. The highest BCUT2D eigenvalue weighted by Gasteiger charge is 2.40. The van der Waals surface area contributed by atoms with Gasteiger partial charge in [-0.25, -0.2) is 4.98 Å². The van der Waals surface area contributed by atoms with E-state index >= 15 is 0 Å². The first kappa shape index (κ1) is 20.5. The number of imidazole rings is 1. The quantitative estimate of drug-likeness (QED) is 0.669. The predicted molar refractivity (Wildman–Crippen MR) is 100 cm³/mol. The lowest BCUT2D eigenvalue weighted by Crippen LogP contribution is -2.27. The summed E-state index contributed by atoms with van der Waals surface area (Å²) in [5.74, 6) is -0.147. The largest absolute Gasteiger partial charge is 0.493 e. The molecule has 3 aromatic rings. The van der Waals surface area contributed by atoms with E-state index in [1.807, 2.05) is 13.8 Å². The summed E-state index contributed by atoms with van der Waals surface area (Å²) in [7, 11) is 1.32. The van der Waals surface area contributed by atoms with E-state index in [0.29, 0.717) is 11.3 Å². The topological polar surface area (TPSA) is 64.9 Å². The molecule has 6 nitrogen and oxygen atoms in total. The van der Waals surface area contributed by atoms with Crippen LogP contribution in [-0.2, 0) is 12.7 Å². The Kier molecular flexibility index (Phi) is 5.67. The average Bonchev–Trinajstić information content (AvgIpc) is 3.06. The lowest BCUT2D eigenvalue weighted by atomic mass is 10.2. The second kappa shape index (κ2) is 8.02. The Hall–Kier alpha value is -3.23. The number of pyridine rings is 1. The van der Waals surface area contributed by atoms with Gasteiger partial charge in [0.05, 0.1) is 13.2 Å². The number of carbonyl (C=O) groups is 1. The van der Waals surface area contributed by atoms with E-state index in [-0.39, 0.29) is 24.0 Å². The summed E-state index contributed by atoms with van der Waals surface area (Å²) in [5, 5.41) is 2.53. The lowest BCUT2D eigenvalue weighted by molar-refractivity contribution is -0.141. The molecule has 0 saturated carbocycles. The monoisotopic (exact) mass is 407 g/mol. The molecule has 0 unspecified atom stereocenters. The van der Waals surface area contributed by atoms with Gasteiger partial charge in [0, 0.05) is 12.7 Å². The molecule has 2 heterocycles. The summed E-state index contributed by atoms with van der Waals surface area (Å²) in [6, 6.07) is 9.95.